The standard InChI is InChI=1S/C11H20N4O3S/c12-9-1-3-10(4-2-9)18-6-5-15-19(16,17)11-7-13-14-8-11/h7-10,15H,1-6,12H2,(H,13,14). The fourth-order valence-electron chi connectivity index (χ4n) is 2.13. The number of hydrogen-bond donors (Lipinski definition) is 3. The molecule has 0 bridgehead atoms. The van der Waals surface area contributed by atoms with Gasteiger partial charge >= 0.3 is 0 Å². The predicted octanol–water partition coefficient (Wildman–Crippen LogP) is -0.0255. The van der Waals surface area contributed by atoms with Crippen LogP contribution in [0.2, 0.25) is 0 Å². The summed E-state index contributed by atoms with van der Waals surface area (Å²) in [7, 11) is -3.47. The minimum Gasteiger partial charge on any atom is -0.377 e. The number of H-pyrrole nitrogens is 1. The molecule has 0 saturated heterocycles. The Kier molecular flexibility index (Phi) is 4.92. The van der Waals surface area contributed by atoms with E-state index in [2.05, 4.69) is 14.9 Å². The molecule has 1 aliphatic carbocycles. The van der Waals surface area contributed by atoms with Gasteiger partial charge in [-0.3, -0.25) is 5.10 Å². The molecule has 1 saturated carbocycles. The highest BCUT2D eigenvalue weighted by molar-refractivity contribution is 7.89. The molecule has 2 rings (SSSR count). The van der Waals surface area contributed by atoms with E-state index in [0.717, 1.165) is 25.7 Å². The average molecular weight is 288 g/mol. The molecule has 0 spiro atoms. The summed E-state index contributed by atoms with van der Waals surface area (Å²) in [6.45, 7) is 0.632. The summed E-state index contributed by atoms with van der Waals surface area (Å²) in [5.74, 6) is 0. The second kappa shape index (κ2) is 6.47. The van der Waals surface area contributed by atoms with Crippen molar-refractivity contribution in [1.82, 2.24) is 14.9 Å². The van der Waals surface area contributed by atoms with Crippen molar-refractivity contribution in [3.63, 3.8) is 0 Å². The highest BCUT2D eigenvalue weighted by atomic mass is 32.2. The Morgan fingerprint density at radius 3 is 2.79 bits per heavy atom. The van der Waals surface area contributed by atoms with Gasteiger partial charge in [0.1, 0.15) is 4.90 Å². The predicted molar refractivity (Wildman–Crippen MR) is 70.0 cm³/mol. The van der Waals surface area contributed by atoms with Crippen molar-refractivity contribution in [3.05, 3.63) is 12.4 Å². The van der Waals surface area contributed by atoms with Crippen molar-refractivity contribution in [1.29, 1.82) is 0 Å². The first-order chi connectivity index (χ1) is 9.08. The van der Waals surface area contributed by atoms with Crippen LogP contribution < -0.4 is 10.5 Å². The maximum Gasteiger partial charge on any atom is 0.243 e. The van der Waals surface area contributed by atoms with E-state index in [0.29, 0.717) is 12.6 Å². The lowest BCUT2D eigenvalue weighted by atomic mass is 9.94. The van der Waals surface area contributed by atoms with Gasteiger partial charge in [-0.15, -0.1) is 0 Å². The number of nitrogens with one attached hydrogen (secondary N) is 2. The summed E-state index contributed by atoms with van der Waals surface area (Å²) in [5, 5.41) is 6.08. The van der Waals surface area contributed by atoms with Crippen molar-refractivity contribution in [2.24, 2.45) is 5.73 Å². The van der Waals surface area contributed by atoms with Crippen molar-refractivity contribution in [3.8, 4) is 0 Å². The lowest BCUT2D eigenvalue weighted by Gasteiger charge is -2.26. The smallest absolute Gasteiger partial charge is 0.243 e. The Balaban J connectivity index is 1.67. The fraction of sp³-hybridized carbons (Fsp3) is 0.727. The first-order valence-corrected chi connectivity index (χ1v) is 7.92. The molecule has 1 fully saturated rings. The molecule has 0 unspecified atom stereocenters. The normalized spacial score (nSPS) is 24.5. The van der Waals surface area contributed by atoms with E-state index in [4.69, 9.17) is 10.5 Å². The van der Waals surface area contributed by atoms with Crippen LogP contribution in [0.5, 0.6) is 0 Å². The molecule has 0 radical (unpaired) electrons. The van der Waals surface area contributed by atoms with Gasteiger partial charge in [0, 0.05) is 18.8 Å². The van der Waals surface area contributed by atoms with Crippen LogP contribution in [-0.4, -0.2) is 43.9 Å². The minimum absolute atomic E-state index is 0.135. The zero-order valence-corrected chi connectivity index (χ0v) is 11.5. The minimum atomic E-state index is -3.47. The van der Waals surface area contributed by atoms with Gasteiger partial charge in [-0.05, 0) is 25.7 Å². The molecule has 108 valence electrons. The zero-order chi connectivity index (χ0) is 13.7. The molecule has 1 aliphatic rings. The van der Waals surface area contributed by atoms with Crippen LogP contribution in [0.25, 0.3) is 0 Å². The summed E-state index contributed by atoms with van der Waals surface area (Å²) < 4.78 is 31.6. The molecule has 1 aromatic rings. The van der Waals surface area contributed by atoms with Gasteiger partial charge in [-0.2, -0.15) is 5.10 Å². The Morgan fingerprint density at radius 2 is 2.16 bits per heavy atom. The van der Waals surface area contributed by atoms with E-state index in [1.54, 1.807) is 0 Å². The van der Waals surface area contributed by atoms with Crippen LogP contribution in [0.15, 0.2) is 17.3 Å². The molecule has 7 nitrogen and oxygen atoms in total. The molecule has 4 N–H and O–H groups in total. The van der Waals surface area contributed by atoms with Crippen LogP contribution in [0, 0.1) is 0 Å². The van der Waals surface area contributed by atoms with Crippen LogP contribution in [-0.2, 0) is 14.8 Å². The maximum absolute atomic E-state index is 11.7. The SMILES string of the molecule is NC1CCC(OCCNS(=O)(=O)c2cn[nH]c2)CC1. The van der Waals surface area contributed by atoms with Crippen molar-refractivity contribution >= 4 is 10.0 Å². The summed E-state index contributed by atoms with van der Waals surface area (Å²) in [5.41, 5.74) is 5.81. The van der Waals surface area contributed by atoms with E-state index in [1.165, 1.54) is 12.4 Å². The van der Waals surface area contributed by atoms with Crippen LogP contribution in [0.3, 0.4) is 0 Å². The number of aromatic amines is 1. The van der Waals surface area contributed by atoms with Gasteiger partial charge in [0.15, 0.2) is 0 Å². The van der Waals surface area contributed by atoms with Crippen LogP contribution in [0.4, 0.5) is 0 Å². The molecule has 8 heteroatoms. The Bertz CT molecular complexity index is 466. The van der Waals surface area contributed by atoms with Crippen molar-refractivity contribution in [2.75, 3.05) is 13.2 Å². The third-order valence-corrected chi connectivity index (χ3v) is 4.68. The van der Waals surface area contributed by atoms with E-state index in [-0.39, 0.29) is 17.5 Å². The molecule has 0 amide bonds. The monoisotopic (exact) mass is 288 g/mol. The second-order valence-electron chi connectivity index (χ2n) is 4.74. The zero-order valence-electron chi connectivity index (χ0n) is 10.7. The lowest BCUT2D eigenvalue weighted by Crippen LogP contribution is -2.33. The number of rotatable bonds is 6. The van der Waals surface area contributed by atoms with Crippen LogP contribution >= 0.6 is 0 Å². The Labute approximate surface area is 113 Å². The number of nitrogens with two attached hydrogens (primary N) is 1. The third-order valence-electron chi connectivity index (χ3n) is 3.25. The molecule has 1 aromatic heterocycles. The average Bonchev–Trinajstić information content (AvgIpc) is 2.91. The van der Waals surface area contributed by atoms with Gasteiger partial charge in [0.05, 0.1) is 18.9 Å². The van der Waals surface area contributed by atoms with E-state index >= 15 is 0 Å². The van der Waals surface area contributed by atoms with Gasteiger partial charge < -0.3 is 10.5 Å². The molecular formula is C11H20N4O3S. The first-order valence-electron chi connectivity index (χ1n) is 6.43. The van der Waals surface area contributed by atoms with Gasteiger partial charge in [-0.1, -0.05) is 0 Å². The summed E-state index contributed by atoms with van der Waals surface area (Å²) in [6.07, 6.45) is 6.68. The quantitative estimate of drug-likeness (QED) is 0.637. The van der Waals surface area contributed by atoms with E-state index in [9.17, 15) is 8.42 Å². The third kappa shape index (κ3) is 4.27. The molecule has 1 heterocycles. The number of ether oxygens (including phenoxy) is 1. The number of aromatic nitrogens is 2. The van der Waals surface area contributed by atoms with Crippen LogP contribution in [0.1, 0.15) is 25.7 Å². The molecule has 0 aliphatic heterocycles. The Morgan fingerprint density at radius 1 is 1.42 bits per heavy atom. The highest BCUT2D eigenvalue weighted by Crippen LogP contribution is 2.19. The summed E-state index contributed by atoms with van der Waals surface area (Å²) in [4.78, 5) is 0.135. The Hall–Kier alpha value is -0.960. The molecule has 0 atom stereocenters. The lowest BCUT2D eigenvalue weighted by molar-refractivity contribution is 0.0287. The molecular weight excluding hydrogens is 268 g/mol. The second-order valence-corrected chi connectivity index (χ2v) is 6.51. The van der Waals surface area contributed by atoms with Gasteiger partial charge in [0.25, 0.3) is 0 Å². The molecule has 0 aromatic carbocycles. The molecule has 19 heavy (non-hydrogen) atoms. The number of sulfonamides is 1. The summed E-state index contributed by atoms with van der Waals surface area (Å²) >= 11 is 0. The van der Waals surface area contributed by atoms with Crippen molar-refractivity contribution < 1.29 is 13.2 Å². The topological polar surface area (TPSA) is 110 Å². The summed E-state index contributed by atoms with van der Waals surface area (Å²) in [6, 6.07) is 0.291. The largest absolute Gasteiger partial charge is 0.377 e. The number of nitrogens with zero attached hydrogens (tertiary/aromatic N) is 1. The van der Waals surface area contributed by atoms with Gasteiger partial charge in [0.2, 0.25) is 10.0 Å². The van der Waals surface area contributed by atoms with Gasteiger partial charge in [-0.25, -0.2) is 13.1 Å². The fourth-order valence-corrected chi connectivity index (χ4v) is 3.04. The maximum atomic E-state index is 11.7. The van der Waals surface area contributed by atoms with E-state index in [1.807, 2.05) is 0 Å². The van der Waals surface area contributed by atoms with Crippen molar-refractivity contribution in [2.45, 2.75) is 42.7 Å². The van der Waals surface area contributed by atoms with E-state index < -0.39 is 10.0 Å². The first kappa shape index (κ1) is 14.4. The highest BCUT2D eigenvalue weighted by Gasteiger charge is 2.19. The number of hydrogen-bond acceptors (Lipinski definition) is 5.